The number of rotatable bonds is 4. The van der Waals surface area contributed by atoms with Crippen LogP contribution in [0.3, 0.4) is 0 Å². The predicted octanol–water partition coefficient (Wildman–Crippen LogP) is 2.57. The van der Waals surface area contributed by atoms with Crippen LogP contribution in [0.5, 0.6) is 0 Å². The molecule has 0 bridgehead atoms. The van der Waals surface area contributed by atoms with Gasteiger partial charge in [0, 0.05) is 17.5 Å². The van der Waals surface area contributed by atoms with Crippen LogP contribution in [0.1, 0.15) is 35.2 Å². The first-order valence-corrected chi connectivity index (χ1v) is 5.94. The van der Waals surface area contributed by atoms with Gasteiger partial charge in [-0.3, -0.25) is 4.79 Å². The number of benzene rings is 1. The molecule has 2 rings (SSSR count). The molecule has 1 aromatic carbocycles. The zero-order valence-electron chi connectivity index (χ0n) is 10.0. The molecule has 1 aliphatic carbocycles. The van der Waals surface area contributed by atoms with Crippen molar-refractivity contribution in [3.63, 3.8) is 0 Å². The average molecular weight is 217 g/mol. The van der Waals surface area contributed by atoms with Crippen molar-refractivity contribution in [3.8, 4) is 0 Å². The third-order valence-electron chi connectivity index (χ3n) is 3.62. The van der Waals surface area contributed by atoms with E-state index in [4.69, 9.17) is 0 Å². The van der Waals surface area contributed by atoms with Crippen molar-refractivity contribution in [2.45, 2.75) is 26.2 Å². The van der Waals surface area contributed by atoms with E-state index in [0.717, 1.165) is 24.9 Å². The molecule has 1 saturated carbocycles. The van der Waals surface area contributed by atoms with E-state index in [-0.39, 0.29) is 5.41 Å². The highest BCUT2D eigenvalue weighted by Gasteiger charge is 2.43. The van der Waals surface area contributed by atoms with Gasteiger partial charge in [-0.25, -0.2) is 0 Å². The Morgan fingerprint density at radius 1 is 1.31 bits per heavy atom. The molecule has 0 heterocycles. The maximum atomic E-state index is 12.4. The predicted molar refractivity (Wildman–Crippen MR) is 65.7 cm³/mol. The van der Waals surface area contributed by atoms with Crippen LogP contribution in [-0.4, -0.2) is 19.4 Å². The van der Waals surface area contributed by atoms with Crippen LogP contribution >= 0.6 is 0 Å². The minimum atomic E-state index is -0.121. The monoisotopic (exact) mass is 217 g/mol. The van der Waals surface area contributed by atoms with Crippen LogP contribution in [-0.2, 0) is 0 Å². The van der Waals surface area contributed by atoms with Gasteiger partial charge in [0.25, 0.3) is 0 Å². The van der Waals surface area contributed by atoms with E-state index in [1.807, 2.05) is 38.2 Å². The first-order valence-electron chi connectivity index (χ1n) is 5.94. The van der Waals surface area contributed by atoms with Crippen LogP contribution in [0.15, 0.2) is 24.3 Å². The standard InChI is InChI=1S/C14H19NO/c1-11-4-6-12(7-5-11)13(16)14(10-15-2)8-3-9-14/h4-7,15H,3,8-10H2,1-2H3. The summed E-state index contributed by atoms with van der Waals surface area (Å²) in [6.07, 6.45) is 3.24. The van der Waals surface area contributed by atoms with Crippen LogP contribution in [0.2, 0.25) is 0 Å². The van der Waals surface area contributed by atoms with Gasteiger partial charge in [0.2, 0.25) is 0 Å². The van der Waals surface area contributed by atoms with Gasteiger partial charge in [0.1, 0.15) is 0 Å². The van der Waals surface area contributed by atoms with Crippen molar-refractivity contribution >= 4 is 5.78 Å². The Morgan fingerprint density at radius 2 is 1.94 bits per heavy atom. The topological polar surface area (TPSA) is 29.1 Å². The number of hydrogen-bond acceptors (Lipinski definition) is 2. The van der Waals surface area contributed by atoms with Crippen molar-refractivity contribution in [1.82, 2.24) is 5.32 Å². The molecule has 0 amide bonds. The van der Waals surface area contributed by atoms with Gasteiger partial charge in [-0.1, -0.05) is 36.2 Å². The second-order valence-corrected chi connectivity index (χ2v) is 4.86. The summed E-state index contributed by atoms with van der Waals surface area (Å²) in [5.41, 5.74) is 1.94. The van der Waals surface area contributed by atoms with Crippen LogP contribution in [0.4, 0.5) is 0 Å². The Kier molecular flexibility index (Phi) is 3.10. The van der Waals surface area contributed by atoms with Crippen LogP contribution < -0.4 is 5.32 Å². The lowest BCUT2D eigenvalue weighted by molar-refractivity contribution is 0.0614. The molecule has 0 aliphatic heterocycles. The second-order valence-electron chi connectivity index (χ2n) is 4.86. The molecule has 0 spiro atoms. The molecule has 1 N–H and O–H groups in total. The number of nitrogens with one attached hydrogen (secondary N) is 1. The molecule has 1 aromatic rings. The van der Waals surface area contributed by atoms with Gasteiger partial charge in [-0.05, 0) is 26.8 Å². The summed E-state index contributed by atoms with van der Waals surface area (Å²) in [4.78, 5) is 12.4. The lowest BCUT2D eigenvalue weighted by Crippen LogP contribution is -2.45. The molecule has 0 radical (unpaired) electrons. The number of hydrogen-bond donors (Lipinski definition) is 1. The van der Waals surface area contributed by atoms with Crippen LogP contribution in [0, 0.1) is 12.3 Å². The zero-order chi connectivity index (χ0) is 11.6. The largest absolute Gasteiger partial charge is 0.319 e. The van der Waals surface area contributed by atoms with E-state index < -0.39 is 0 Å². The SMILES string of the molecule is CNCC1(C(=O)c2ccc(C)cc2)CCC1. The summed E-state index contributed by atoms with van der Waals surface area (Å²) in [5.74, 6) is 0.313. The Morgan fingerprint density at radius 3 is 2.38 bits per heavy atom. The second kappa shape index (κ2) is 4.38. The maximum absolute atomic E-state index is 12.4. The number of carbonyl (C=O) groups excluding carboxylic acids is 1. The highest BCUT2D eigenvalue weighted by Crippen LogP contribution is 2.43. The van der Waals surface area contributed by atoms with Crippen molar-refractivity contribution in [1.29, 1.82) is 0 Å². The Hall–Kier alpha value is -1.15. The van der Waals surface area contributed by atoms with E-state index >= 15 is 0 Å². The van der Waals surface area contributed by atoms with Gasteiger partial charge in [-0.15, -0.1) is 0 Å². The van der Waals surface area contributed by atoms with Crippen molar-refractivity contribution in [2.75, 3.05) is 13.6 Å². The number of Topliss-reactive ketones (excluding diaryl/α,β-unsaturated/α-hetero) is 1. The normalized spacial score (nSPS) is 17.9. The molecule has 0 saturated heterocycles. The fourth-order valence-corrected chi connectivity index (χ4v) is 2.44. The summed E-state index contributed by atoms with van der Waals surface area (Å²) in [6, 6.07) is 7.93. The fourth-order valence-electron chi connectivity index (χ4n) is 2.44. The highest BCUT2D eigenvalue weighted by atomic mass is 16.1. The Bertz CT molecular complexity index is 376. The molecule has 0 unspecified atom stereocenters. The third kappa shape index (κ3) is 1.90. The molecular formula is C14H19NO. The lowest BCUT2D eigenvalue weighted by atomic mass is 9.64. The van der Waals surface area contributed by atoms with Gasteiger partial charge >= 0.3 is 0 Å². The highest BCUT2D eigenvalue weighted by molar-refractivity contribution is 6.01. The molecule has 0 aromatic heterocycles. The van der Waals surface area contributed by atoms with Gasteiger partial charge in [0.15, 0.2) is 5.78 Å². The molecule has 2 heteroatoms. The summed E-state index contributed by atoms with van der Waals surface area (Å²) in [5, 5.41) is 3.15. The Labute approximate surface area is 97.1 Å². The average Bonchev–Trinajstić information content (AvgIpc) is 2.23. The summed E-state index contributed by atoms with van der Waals surface area (Å²) in [7, 11) is 1.92. The zero-order valence-corrected chi connectivity index (χ0v) is 10.0. The van der Waals surface area contributed by atoms with Crippen LogP contribution in [0.25, 0.3) is 0 Å². The van der Waals surface area contributed by atoms with E-state index in [1.54, 1.807) is 0 Å². The summed E-state index contributed by atoms with van der Waals surface area (Å²) in [6.45, 7) is 2.85. The molecule has 16 heavy (non-hydrogen) atoms. The third-order valence-corrected chi connectivity index (χ3v) is 3.62. The minimum absolute atomic E-state index is 0.121. The van der Waals surface area contributed by atoms with Gasteiger partial charge in [0.05, 0.1) is 0 Å². The quantitative estimate of drug-likeness (QED) is 0.785. The summed E-state index contributed by atoms with van der Waals surface area (Å²) < 4.78 is 0. The van der Waals surface area contributed by atoms with Crippen molar-refractivity contribution in [2.24, 2.45) is 5.41 Å². The van der Waals surface area contributed by atoms with Gasteiger partial charge in [-0.2, -0.15) is 0 Å². The minimum Gasteiger partial charge on any atom is -0.319 e. The number of aryl methyl sites for hydroxylation is 1. The molecule has 86 valence electrons. The molecular weight excluding hydrogens is 198 g/mol. The lowest BCUT2D eigenvalue weighted by Gasteiger charge is -2.40. The number of carbonyl (C=O) groups is 1. The molecule has 1 aliphatic rings. The fraction of sp³-hybridized carbons (Fsp3) is 0.500. The first kappa shape index (κ1) is 11.3. The first-order chi connectivity index (χ1) is 7.68. The van der Waals surface area contributed by atoms with Gasteiger partial charge < -0.3 is 5.32 Å². The van der Waals surface area contributed by atoms with Crippen molar-refractivity contribution in [3.05, 3.63) is 35.4 Å². The van der Waals surface area contributed by atoms with E-state index in [0.29, 0.717) is 5.78 Å². The number of ketones is 1. The Balaban J connectivity index is 2.20. The molecule has 0 atom stereocenters. The molecule has 2 nitrogen and oxygen atoms in total. The van der Waals surface area contributed by atoms with E-state index in [9.17, 15) is 4.79 Å². The smallest absolute Gasteiger partial charge is 0.170 e. The van der Waals surface area contributed by atoms with E-state index in [2.05, 4.69) is 5.32 Å². The molecule has 1 fully saturated rings. The van der Waals surface area contributed by atoms with E-state index in [1.165, 1.54) is 12.0 Å². The summed E-state index contributed by atoms with van der Waals surface area (Å²) >= 11 is 0. The maximum Gasteiger partial charge on any atom is 0.170 e. The van der Waals surface area contributed by atoms with Crippen molar-refractivity contribution < 1.29 is 4.79 Å².